The molecule has 0 saturated carbocycles. The molecule has 1 fully saturated rings. The number of ketones is 1. The van der Waals surface area contributed by atoms with Crippen molar-refractivity contribution in [3.05, 3.63) is 59.2 Å². The highest BCUT2D eigenvalue weighted by atomic mass is 16.5. The highest BCUT2D eigenvalue weighted by molar-refractivity contribution is 5.83. The third kappa shape index (κ3) is 4.54. The second-order valence-electron chi connectivity index (χ2n) is 9.87. The Morgan fingerprint density at radius 1 is 1.10 bits per heavy atom. The molecule has 4 rings (SSSR count). The summed E-state index contributed by atoms with van der Waals surface area (Å²) in [5.74, 6) is 2.08. The summed E-state index contributed by atoms with van der Waals surface area (Å²) in [7, 11) is 1.68. The number of benzene rings is 2. The van der Waals surface area contributed by atoms with Gasteiger partial charge in [-0.1, -0.05) is 51.1 Å². The van der Waals surface area contributed by atoms with E-state index in [1.165, 1.54) is 11.1 Å². The maximum Gasteiger partial charge on any atom is 0.161 e. The lowest BCUT2D eigenvalue weighted by molar-refractivity contribution is -0.130. The number of Topliss-reactive ketones (excluding diaryl/α,β-unsaturated/α-hetero) is 1. The minimum atomic E-state index is 0.151. The van der Waals surface area contributed by atoms with Crippen LogP contribution < -0.4 is 9.47 Å². The van der Waals surface area contributed by atoms with E-state index >= 15 is 0 Å². The van der Waals surface area contributed by atoms with E-state index in [0.29, 0.717) is 18.8 Å². The van der Waals surface area contributed by atoms with Crippen LogP contribution in [0.1, 0.15) is 56.3 Å². The molecule has 0 aliphatic carbocycles. The molecule has 2 aromatic carbocycles. The fourth-order valence-corrected chi connectivity index (χ4v) is 4.89. The van der Waals surface area contributed by atoms with Gasteiger partial charge in [-0.05, 0) is 47.1 Å². The molecule has 30 heavy (non-hydrogen) atoms. The first-order valence-electron chi connectivity index (χ1n) is 11.0. The molecule has 0 spiro atoms. The van der Waals surface area contributed by atoms with Crippen LogP contribution >= 0.6 is 0 Å². The van der Waals surface area contributed by atoms with Crippen molar-refractivity contribution in [1.29, 1.82) is 0 Å². The Bertz CT molecular complexity index is 900. The number of rotatable bonds is 5. The SMILES string of the molecule is COc1cc2c(cc1OCc1ccccc1)CCN1C[C@H](CC(C)(C)C)C(=O)C[C@@H]21. The van der Waals surface area contributed by atoms with Crippen LogP contribution in [-0.4, -0.2) is 30.9 Å². The zero-order chi connectivity index (χ0) is 21.3. The van der Waals surface area contributed by atoms with Gasteiger partial charge in [0.15, 0.2) is 11.5 Å². The molecular formula is C26H33NO3. The van der Waals surface area contributed by atoms with Crippen molar-refractivity contribution in [1.82, 2.24) is 4.90 Å². The maximum atomic E-state index is 12.9. The third-order valence-corrected chi connectivity index (χ3v) is 6.29. The first-order valence-corrected chi connectivity index (χ1v) is 11.0. The number of hydrogen-bond acceptors (Lipinski definition) is 4. The van der Waals surface area contributed by atoms with E-state index < -0.39 is 0 Å². The van der Waals surface area contributed by atoms with Crippen molar-refractivity contribution in [3.8, 4) is 11.5 Å². The van der Waals surface area contributed by atoms with Crippen molar-refractivity contribution in [2.75, 3.05) is 20.2 Å². The highest BCUT2D eigenvalue weighted by Crippen LogP contribution is 2.43. The van der Waals surface area contributed by atoms with Crippen molar-refractivity contribution in [2.24, 2.45) is 11.3 Å². The topological polar surface area (TPSA) is 38.8 Å². The number of nitrogens with zero attached hydrogens (tertiary/aromatic N) is 1. The minimum Gasteiger partial charge on any atom is -0.493 e. The van der Waals surface area contributed by atoms with Crippen LogP contribution in [0.4, 0.5) is 0 Å². The number of hydrogen-bond donors (Lipinski definition) is 0. The Morgan fingerprint density at radius 3 is 2.57 bits per heavy atom. The van der Waals surface area contributed by atoms with Gasteiger partial charge in [-0.3, -0.25) is 9.69 Å². The summed E-state index contributed by atoms with van der Waals surface area (Å²) in [6.07, 6.45) is 2.53. The second kappa shape index (κ2) is 8.43. The molecule has 2 atom stereocenters. The van der Waals surface area contributed by atoms with Crippen LogP contribution in [0.3, 0.4) is 0 Å². The quantitative estimate of drug-likeness (QED) is 0.683. The molecule has 0 N–H and O–H groups in total. The Labute approximate surface area is 180 Å². The van der Waals surface area contributed by atoms with E-state index in [1.807, 2.05) is 18.2 Å². The van der Waals surface area contributed by atoms with E-state index in [9.17, 15) is 4.79 Å². The first kappa shape index (κ1) is 20.9. The summed E-state index contributed by atoms with van der Waals surface area (Å²) in [6, 6.07) is 14.6. The van der Waals surface area contributed by atoms with Gasteiger partial charge >= 0.3 is 0 Å². The molecule has 1 saturated heterocycles. The largest absolute Gasteiger partial charge is 0.493 e. The molecule has 0 radical (unpaired) electrons. The van der Waals surface area contributed by atoms with E-state index in [-0.39, 0.29) is 17.4 Å². The summed E-state index contributed by atoms with van der Waals surface area (Å²) in [5, 5.41) is 0. The molecule has 4 heteroatoms. The van der Waals surface area contributed by atoms with E-state index in [2.05, 4.69) is 49.9 Å². The average molecular weight is 408 g/mol. The number of fused-ring (bicyclic) bond motifs is 3. The Kier molecular flexibility index (Phi) is 5.88. The van der Waals surface area contributed by atoms with Crippen LogP contribution in [0.5, 0.6) is 11.5 Å². The zero-order valence-electron chi connectivity index (χ0n) is 18.6. The molecule has 160 valence electrons. The van der Waals surface area contributed by atoms with E-state index in [1.54, 1.807) is 7.11 Å². The molecule has 0 bridgehead atoms. The Balaban J connectivity index is 1.54. The van der Waals surface area contributed by atoms with Crippen molar-refractivity contribution in [3.63, 3.8) is 0 Å². The lowest BCUT2D eigenvalue weighted by Gasteiger charge is -2.44. The molecule has 2 aromatic rings. The van der Waals surface area contributed by atoms with Crippen LogP contribution in [-0.2, 0) is 17.8 Å². The molecule has 0 amide bonds. The number of carbonyl (C=O) groups excluding carboxylic acids is 1. The first-order chi connectivity index (χ1) is 14.3. The summed E-state index contributed by atoms with van der Waals surface area (Å²) in [6.45, 7) is 9.04. The van der Waals surface area contributed by atoms with Gasteiger partial charge in [0.25, 0.3) is 0 Å². The van der Waals surface area contributed by atoms with Gasteiger partial charge in [0, 0.05) is 31.5 Å². The normalized spacial score (nSPS) is 21.7. The van der Waals surface area contributed by atoms with Crippen LogP contribution in [0.2, 0.25) is 0 Å². The fourth-order valence-electron chi connectivity index (χ4n) is 4.89. The number of methoxy groups -OCH3 is 1. The monoisotopic (exact) mass is 407 g/mol. The van der Waals surface area contributed by atoms with Crippen molar-refractivity contribution < 1.29 is 14.3 Å². The Hall–Kier alpha value is -2.33. The summed E-state index contributed by atoms with van der Waals surface area (Å²) in [4.78, 5) is 15.4. The van der Waals surface area contributed by atoms with Gasteiger partial charge in [-0.2, -0.15) is 0 Å². The van der Waals surface area contributed by atoms with Gasteiger partial charge in [0.05, 0.1) is 7.11 Å². The van der Waals surface area contributed by atoms with Crippen LogP contribution in [0.15, 0.2) is 42.5 Å². The molecule has 0 unspecified atom stereocenters. The predicted molar refractivity (Wildman–Crippen MR) is 119 cm³/mol. The molecule has 2 heterocycles. The molecule has 2 aliphatic heterocycles. The van der Waals surface area contributed by atoms with E-state index in [4.69, 9.17) is 9.47 Å². The maximum absolute atomic E-state index is 12.9. The highest BCUT2D eigenvalue weighted by Gasteiger charge is 2.39. The smallest absolute Gasteiger partial charge is 0.161 e. The van der Waals surface area contributed by atoms with Crippen molar-refractivity contribution in [2.45, 2.75) is 52.7 Å². The molecule has 0 aromatic heterocycles. The number of ether oxygens (including phenoxy) is 2. The zero-order valence-corrected chi connectivity index (χ0v) is 18.6. The fraction of sp³-hybridized carbons (Fsp3) is 0.500. The number of piperidine rings is 1. The summed E-state index contributed by atoms with van der Waals surface area (Å²) in [5.41, 5.74) is 3.82. The van der Waals surface area contributed by atoms with Gasteiger partial charge in [-0.15, -0.1) is 0 Å². The van der Waals surface area contributed by atoms with Gasteiger partial charge in [0.2, 0.25) is 0 Å². The standard InChI is InChI=1S/C26H33NO3/c1-26(2,3)15-20-16-27-11-10-19-12-25(30-17-18-8-6-5-7-9-18)24(29-4)13-21(19)22(27)14-23(20)28/h5-9,12-13,20,22H,10-11,14-17H2,1-4H3/t20-,22-/m0/s1. The molecule has 2 aliphatic rings. The molecule has 4 nitrogen and oxygen atoms in total. The lowest BCUT2D eigenvalue weighted by atomic mass is 9.76. The van der Waals surface area contributed by atoms with Gasteiger partial charge in [-0.25, -0.2) is 0 Å². The summed E-state index contributed by atoms with van der Waals surface area (Å²) < 4.78 is 11.8. The third-order valence-electron chi connectivity index (χ3n) is 6.29. The lowest BCUT2D eigenvalue weighted by Crippen LogP contribution is -2.47. The van der Waals surface area contributed by atoms with Gasteiger partial charge in [0.1, 0.15) is 12.4 Å². The molecular weight excluding hydrogens is 374 g/mol. The van der Waals surface area contributed by atoms with Gasteiger partial charge < -0.3 is 9.47 Å². The minimum absolute atomic E-state index is 0.151. The van der Waals surface area contributed by atoms with E-state index in [0.717, 1.165) is 43.0 Å². The van der Waals surface area contributed by atoms with Crippen LogP contribution in [0, 0.1) is 11.3 Å². The number of carbonyl (C=O) groups is 1. The Morgan fingerprint density at radius 2 is 1.87 bits per heavy atom. The predicted octanol–water partition coefficient (Wildman–Crippen LogP) is 5.20. The average Bonchev–Trinajstić information content (AvgIpc) is 2.72. The second-order valence-corrected chi connectivity index (χ2v) is 9.87. The summed E-state index contributed by atoms with van der Waals surface area (Å²) >= 11 is 0. The van der Waals surface area contributed by atoms with Crippen LogP contribution in [0.25, 0.3) is 0 Å². The van der Waals surface area contributed by atoms with Crippen molar-refractivity contribution >= 4 is 5.78 Å².